The van der Waals surface area contributed by atoms with Crippen LogP contribution in [0.2, 0.25) is 5.15 Å². The van der Waals surface area contributed by atoms with Crippen LogP contribution < -0.4 is 4.74 Å². The fourth-order valence-electron chi connectivity index (χ4n) is 3.99. The Kier molecular flexibility index (Phi) is 6.36. The van der Waals surface area contributed by atoms with Crippen molar-refractivity contribution in [3.63, 3.8) is 0 Å². The summed E-state index contributed by atoms with van der Waals surface area (Å²) < 4.78 is 28.2. The molecule has 0 saturated heterocycles. The molecule has 0 bridgehead atoms. The van der Waals surface area contributed by atoms with Crippen LogP contribution in [0.25, 0.3) is 22.2 Å². The second-order valence-electron chi connectivity index (χ2n) is 7.59. The minimum Gasteiger partial charge on any atom is -0.472 e. The van der Waals surface area contributed by atoms with Crippen LogP contribution in [-0.4, -0.2) is 38.2 Å². The van der Waals surface area contributed by atoms with Gasteiger partial charge in [-0.1, -0.05) is 18.0 Å². The Bertz CT molecular complexity index is 1110. The van der Waals surface area contributed by atoms with E-state index < -0.39 is 11.8 Å². The van der Waals surface area contributed by atoms with Gasteiger partial charge in [-0.05, 0) is 45.6 Å². The third kappa shape index (κ3) is 4.49. The zero-order valence-corrected chi connectivity index (χ0v) is 18.3. The van der Waals surface area contributed by atoms with E-state index in [0.717, 1.165) is 25.7 Å². The standard InChI is InChI=1S/C22H24ClFN4O3/c1-3-30-17(29)12-28-11-15(18-16(28)9-10-25-21(18)23)20-19(24)22(27-13(2)26-20)31-14-7-5-4-6-8-14/h9-11,14H,3-8,12H2,1-2H3. The molecule has 164 valence electrons. The Morgan fingerprint density at radius 2 is 2.06 bits per heavy atom. The van der Waals surface area contributed by atoms with E-state index in [9.17, 15) is 4.79 Å². The summed E-state index contributed by atoms with van der Waals surface area (Å²) in [6.45, 7) is 3.66. The molecule has 1 fully saturated rings. The summed E-state index contributed by atoms with van der Waals surface area (Å²) in [4.78, 5) is 24.7. The van der Waals surface area contributed by atoms with Crippen LogP contribution in [0.1, 0.15) is 44.9 Å². The van der Waals surface area contributed by atoms with Gasteiger partial charge in [-0.3, -0.25) is 4.79 Å². The number of nitrogens with zero attached hydrogens (tertiary/aromatic N) is 4. The minimum atomic E-state index is -0.647. The number of carbonyl (C=O) groups excluding carboxylic acids is 1. The van der Waals surface area contributed by atoms with E-state index in [-0.39, 0.29) is 36.0 Å². The van der Waals surface area contributed by atoms with Crippen LogP contribution in [0.5, 0.6) is 5.88 Å². The summed E-state index contributed by atoms with van der Waals surface area (Å²) in [5.74, 6) is -0.722. The molecule has 1 aliphatic rings. The summed E-state index contributed by atoms with van der Waals surface area (Å²) in [7, 11) is 0. The molecule has 1 saturated carbocycles. The maximum atomic E-state index is 15.5. The van der Waals surface area contributed by atoms with E-state index in [1.807, 2.05) is 0 Å². The predicted octanol–water partition coefficient (Wildman–Crippen LogP) is 4.87. The molecule has 0 amide bonds. The Morgan fingerprint density at radius 1 is 1.29 bits per heavy atom. The SMILES string of the molecule is CCOC(=O)Cn1cc(-c2nc(C)nc(OC3CCCCC3)c2F)c2c(Cl)nccc21. The summed E-state index contributed by atoms with van der Waals surface area (Å²) in [5.41, 5.74) is 1.13. The van der Waals surface area contributed by atoms with Crippen LogP contribution in [0.15, 0.2) is 18.5 Å². The maximum Gasteiger partial charge on any atom is 0.325 e. The van der Waals surface area contributed by atoms with Gasteiger partial charge < -0.3 is 14.0 Å². The van der Waals surface area contributed by atoms with Crippen LogP contribution in [-0.2, 0) is 16.1 Å². The van der Waals surface area contributed by atoms with Crippen LogP contribution in [0.4, 0.5) is 4.39 Å². The second kappa shape index (κ2) is 9.18. The number of hydrogen-bond acceptors (Lipinski definition) is 6. The fourth-order valence-corrected chi connectivity index (χ4v) is 4.25. The van der Waals surface area contributed by atoms with Gasteiger partial charge in [0.15, 0.2) is 0 Å². The molecule has 1 aliphatic carbocycles. The number of hydrogen-bond donors (Lipinski definition) is 0. The zero-order valence-electron chi connectivity index (χ0n) is 17.5. The van der Waals surface area contributed by atoms with Gasteiger partial charge in [-0.2, -0.15) is 9.37 Å². The van der Waals surface area contributed by atoms with Gasteiger partial charge in [0.1, 0.15) is 29.3 Å². The lowest BCUT2D eigenvalue weighted by atomic mass is 9.98. The van der Waals surface area contributed by atoms with Crippen molar-refractivity contribution in [2.75, 3.05) is 6.61 Å². The second-order valence-corrected chi connectivity index (χ2v) is 7.95. The van der Waals surface area contributed by atoms with E-state index in [1.165, 1.54) is 12.6 Å². The van der Waals surface area contributed by atoms with Crippen LogP contribution in [0, 0.1) is 12.7 Å². The monoisotopic (exact) mass is 446 g/mol. The molecule has 9 heteroatoms. The Balaban J connectivity index is 1.80. The summed E-state index contributed by atoms with van der Waals surface area (Å²) in [5, 5.41) is 0.703. The first-order valence-corrected chi connectivity index (χ1v) is 10.9. The number of esters is 1. The highest BCUT2D eigenvalue weighted by Gasteiger charge is 2.25. The first-order valence-electron chi connectivity index (χ1n) is 10.5. The van der Waals surface area contributed by atoms with Crippen molar-refractivity contribution in [1.29, 1.82) is 0 Å². The topological polar surface area (TPSA) is 79.1 Å². The number of carbonyl (C=O) groups is 1. The molecule has 7 nitrogen and oxygen atoms in total. The van der Waals surface area contributed by atoms with Crippen molar-refractivity contribution in [3.8, 4) is 17.1 Å². The minimum absolute atomic E-state index is 0.0399. The molecule has 0 aliphatic heterocycles. The van der Waals surface area contributed by atoms with E-state index in [1.54, 1.807) is 30.7 Å². The molecule has 0 spiro atoms. The van der Waals surface area contributed by atoms with Crippen LogP contribution in [0.3, 0.4) is 0 Å². The van der Waals surface area contributed by atoms with Crippen molar-refractivity contribution < 1.29 is 18.7 Å². The first-order chi connectivity index (χ1) is 15.0. The quantitative estimate of drug-likeness (QED) is 0.397. The molecule has 0 N–H and O–H groups in total. The Hall–Kier alpha value is -2.74. The number of pyridine rings is 1. The van der Waals surface area contributed by atoms with Crippen molar-refractivity contribution in [3.05, 3.63) is 35.3 Å². The maximum absolute atomic E-state index is 15.5. The number of fused-ring (bicyclic) bond motifs is 1. The van der Waals surface area contributed by atoms with E-state index in [2.05, 4.69) is 15.0 Å². The summed E-state index contributed by atoms with van der Waals surface area (Å²) in [6.07, 6.45) is 8.18. The van der Waals surface area contributed by atoms with Gasteiger partial charge in [-0.15, -0.1) is 0 Å². The molecule has 3 aromatic rings. The molecular formula is C22H24ClFN4O3. The molecular weight excluding hydrogens is 423 g/mol. The Morgan fingerprint density at radius 3 is 2.81 bits per heavy atom. The molecule has 3 heterocycles. The van der Waals surface area contributed by atoms with Crippen molar-refractivity contribution >= 4 is 28.5 Å². The first kappa shape index (κ1) is 21.5. The molecule has 0 unspecified atom stereocenters. The van der Waals surface area contributed by atoms with Gasteiger partial charge in [0.25, 0.3) is 5.88 Å². The lowest BCUT2D eigenvalue weighted by Gasteiger charge is -2.23. The zero-order chi connectivity index (χ0) is 22.0. The fraction of sp³-hybridized carbons (Fsp3) is 0.455. The van der Waals surface area contributed by atoms with Gasteiger partial charge in [0.05, 0.1) is 12.1 Å². The van der Waals surface area contributed by atoms with Gasteiger partial charge in [0.2, 0.25) is 5.82 Å². The molecule has 3 aromatic heterocycles. The highest BCUT2D eigenvalue weighted by molar-refractivity contribution is 6.35. The Labute approximate surface area is 184 Å². The highest BCUT2D eigenvalue weighted by atomic mass is 35.5. The third-order valence-corrected chi connectivity index (χ3v) is 5.66. The van der Waals surface area contributed by atoms with Crippen molar-refractivity contribution in [2.45, 2.75) is 58.6 Å². The number of halogens is 2. The number of aryl methyl sites for hydroxylation is 1. The van der Waals surface area contributed by atoms with Gasteiger partial charge in [-0.25, -0.2) is 9.97 Å². The smallest absolute Gasteiger partial charge is 0.325 e. The molecule has 31 heavy (non-hydrogen) atoms. The lowest BCUT2D eigenvalue weighted by molar-refractivity contribution is -0.143. The third-order valence-electron chi connectivity index (χ3n) is 5.37. The molecule has 0 radical (unpaired) electrons. The average molecular weight is 447 g/mol. The van der Waals surface area contributed by atoms with Gasteiger partial charge >= 0.3 is 5.97 Å². The van der Waals surface area contributed by atoms with Crippen molar-refractivity contribution in [1.82, 2.24) is 19.5 Å². The largest absolute Gasteiger partial charge is 0.472 e. The lowest BCUT2D eigenvalue weighted by Crippen LogP contribution is -2.21. The van der Waals surface area contributed by atoms with E-state index >= 15 is 4.39 Å². The normalized spacial score (nSPS) is 14.7. The highest BCUT2D eigenvalue weighted by Crippen LogP contribution is 2.37. The molecule has 4 rings (SSSR count). The van der Waals surface area contributed by atoms with E-state index in [0.29, 0.717) is 22.3 Å². The van der Waals surface area contributed by atoms with Crippen LogP contribution >= 0.6 is 11.6 Å². The van der Waals surface area contributed by atoms with E-state index in [4.69, 9.17) is 21.1 Å². The molecule has 0 aromatic carbocycles. The predicted molar refractivity (Wildman–Crippen MR) is 115 cm³/mol. The number of ether oxygens (including phenoxy) is 2. The average Bonchev–Trinajstić information content (AvgIpc) is 3.11. The van der Waals surface area contributed by atoms with Crippen molar-refractivity contribution in [2.24, 2.45) is 0 Å². The van der Waals surface area contributed by atoms with Gasteiger partial charge in [0, 0.05) is 23.3 Å². The molecule has 0 atom stereocenters. The summed E-state index contributed by atoms with van der Waals surface area (Å²) >= 11 is 6.37. The summed E-state index contributed by atoms with van der Waals surface area (Å²) in [6, 6.07) is 1.72. The number of aromatic nitrogens is 4. The number of rotatable bonds is 6.